The smallest absolute Gasteiger partial charge is 0.198 e. The standard InChI is InChI=1S/C10H13ClFNO2/c1-10(2,13)5-4-6(11)7(12)9(15-3)8(5)14/h4,14H,13H2,1-3H3. The maximum atomic E-state index is 13.4. The summed E-state index contributed by atoms with van der Waals surface area (Å²) >= 11 is 5.65. The van der Waals surface area contributed by atoms with Crippen molar-refractivity contribution in [2.75, 3.05) is 7.11 Å². The van der Waals surface area contributed by atoms with Gasteiger partial charge in [-0.1, -0.05) is 11.6 Å². The minimum absolute atomic E-state index is 0.127. The molecule has 0 unspecified atom stereocenters. The van der Waals surface area contributed by atoms with Crippen LogP contribution in [0.5, 0.6) is 11.5 Å². The molecule has 1 rings (SSSR count). The topological polar surface area (TPSA) is 55.5 Å². The van der Waals surface area contributed by atoms with Crippen LogP contribution in [0.15, 0.2) is 6.07 Å². The highest BCUT2D eigenvalue weighted by Crippen LogP contribution is 2.40. The molecule has 0 amide bonds. The zero-order chi connectivity index (χ0) is 11.8. The van der Waals surface area contributed by atoms with Crippen LogP contribution in [0.3, 0.4) is 0 Å². The highest BCUT2D eigenvalue weighted by molar-refractivity contribution is 6.31. The molecule has 1 aromatic carbocycles. The molecule has 0 heterocycles. The lowest BCUT2D eigenvalue weighted by atomic mass is 9.94. The van der Waals surface area contributed by atoms with Crippen molar-refractivity contribution in [1.29, 1.82) is 0 Å². The molecule has 84 valence electrons. The molecule has 0 spiro atoms. The van der Waals surface area contributed by atoms with Crippen molar-refractivity contribution < 1.29 is 14.2 Å². The van der Waals surface area contributed by atoms with E-state index in [1.807, 2.05) is 0 Å². The van der Waals surface area contributed by atoms with E-state index in [1.165, 1.54) is 13.2 Å². The van der Waals surface area contributed by atoms with Gasteiger partial charge in [0.15, 0.2) is 17.3 Å². The second-order valence-corrected chi connectivity index (χ2v) is 4.23. The van der Waals surface area contributed by atoms with Gasteiger partial charge in [-0.15, -0.1) is 0 Å². The summed E-state index contributed by atoms with van der Waals surface area (Å²) in [7, 11) is 1.25. The Morgan fingerprint density at radius 3 is 2.47 bits per heavy atom. The summed E-state index contributed by atoms with van der Waals surface area (Å²) in [5, 5.41) is 9.60. The van der Waals surface area contributed by atoms with Gasteiger partial charge in [-0.3, -0.25) is 0 Å². The molecule has 0 radical (unpaired) electrons. The molecule has 0 aliphatic carbocycles. The van der Waals surface area contributed by atoms with Crippen LogP contribution in [0.25, 0.3) is 0 Å². The quantitative estimate of drug-likeness (QED) is 0.825. The van der Waals surface area contributed by atoms with Gasteiger partial charge in [0.25, 0.3) is 0 Å². The molecule has 0 saturated carbocycles. The minimum Gasteiger partial charge on any atom is -0.504 e. The van der Waals surface area contributed by atoms with E-state index >= 15 is 0 Å². The number of halogens is 2. The van der Waals surface area contributed by atoms with Crippen LogP contribution >= 0.6 is 11.6 Å². The maximum absolute atomic E-state index is 13.4. The Balaban J connectivity index is 3.51. The summed E-state index contributed by atoms with van der Waals surface area (Å²) in [5.74, 6) is -1.38. The lowest BCUT2D eigenvalue weighted by Gasteiger charge is -2.22. The molecule has 0 bridgehead atoms. The second-order valence-electron chi connectivity index (χ2n) is 3.82. The van der Waals surface area contributed by atoms with Crippen molar-refractivity contribution in [3.05, 3.63) is 22.5 Å². The Bertz CT molecular complexity index is 388. The van der Waals surface area contributed by atoms with Gasteiger partial charge in [0.05, 0.1) is 12.1 Å². The molecule has 0 fully saturated rings. The van der Waals surface area contributed by atoms with Crippen molar-refractivity contribution in [2.45, 2.75) is 19.4 Å². The van der Waals surface area contributed by atoms with Gasteiger partial charge in [-0.2, -0.15) is 0 Å². The fourth-order valence-electron chi connectivity index (χ4n) is 1.27. The Labute approximate surface area is 92.6 Å². The molecule has 1 aromatic rings. The molecule has 0 aromatic heterocycles. The Kier molecular flexibility index (Phi) is 3.11. The summed E-state index contributed by atoms with van der Waals surface area (Å²) in [4.78, 5) is 0. The lowest BCUT2D eigenvalue weighted by Crippen LogP contribution is -2.28. The maximum Gasteiger partial charge on any atom is 0.198 e. The molecule has 5 heteroatoms. The first kappa shape index (κ1) is 12.1. The van der Waals surface area contributed by atoms with Crippen molar-refractivity contribution in [1.82, 2.24) is 0 Å². The first-order chi connectivity index (χ1) is 6.79. The van der Waals surface area contributed by atoms with Gasteiger partial charge in [-0.25, -0.2) is 4.39 Å². The number of hydrogen-bond acceptors (Lipinski definition) is 3. The predicted octanol–water partition coefficient (Wildman–Crippen LogP) is 2.39. The number of ether oxygens (including phenoxy) is 1. The van der Waals surface area contributed by atoms with Crippen LogP contribution in [-0.2, 0) is 5.54 Å². The summed E-state index contributed by atoms with van der Waals surface area (Å²) in [6, 6.07) is 1.30. The predicted molar refractivity (Wildman–Crippen MR) is 56.8 cm³/mol. The third-order valence-electron chi connectivity index (χ3n) is 2.05. The summed E-state index contributed by atoms with van der Waals surface area (Å²) < 4.78 is 18.1. The van der Waals surface area contributed by atoms with Gasteiger partial charge < -0.3 is 15.6 Å². The van der Waals surface area contributed by atoms with E-state index in [9.17, 15) is 9.50 Å². The number of methoxy groups -OCH3 is 1. The zero-order valence-electron chi connectivity index (χ0n) is 8.77. The number of nitrogens with two attached hydrogens (primary N) is 1. The second kappa shape index (κ2) is 3.87. The molecule has 15 heavy (non-hydrogen) atoms. The Hall–Kier alpha value is -1.00. The van der Waals surface area contributed by atoms with Crippen LogP contribution < -0.4 is 10.5 Å². The summed E-state index contributed by atoms with van der Waals surface area (Å²) in [6.07, 6.45) is 0. The fourth-order valence-corrected chi connectivity index (χ4v) is 1.47. The Morgan fingerprint density at radius 2 is 2.07 bits per heavy atom. The van der Waals surface area contributed by atoms with Crippen molar-refractivity contribution in [3.8, 4) is 11.5 Å². The largest absolute Gasteiger partial charge is 0.504 e. The minimum atomic E-state index is -0.825. The van der Waals surface area contributed by atoms with Crippen LogP contribution in [0.4, 0.5) is 4.39 Å². The SMILES string of the molecule is COc1c(O)c(C(C)(C)N)cc(Cl)c1F. The molecule has 0 aliphatic rings. The van der Waals surface area contributed by atoms with Gasteiger partial charge >= 0.3 is 0 Å². The molecule has 3 N–H and O–H groups in total. The average Bonchev–Trinajstić information content (AvgIpc) is 2.10. The number of phenolic OH excluding ortho intramolecular Hbond substituents is 1. The van der Waals surface area contributed by atoms with Gasteiger partial charge in [0.1, 0.15) is 0 Å². The normalized spacial score (nSPS) is 11.6. The van der Waals surface area contributed by atoms with Gasteiger partial charge in [0, 0.05) is 11.1 Å². The monoisotopic (exact) mass is 233 g/mol. The van der Waals surface area contributed by atoms with Crippen molar-refractivity contribution in [3.63, 3.8) is 0 Å². The highest BCUT2D eigenvalue weighted by Gasteiger charge is 2.25. The zero-order valence-corrected chi connectivity index (χ0v) is 9.52. The molecule has 0 atom stereocenters. The van der Waals surface area contributed by atoms with E-state index in [2.05, 4.69) is 0 Å². The number of phenols is 1. The third-order valence-corrected chi connectivity index (χ3v) is 2.32. The van der Waals surface area contributed by atoms with E-state index < -0.39 is 11.4 Å². The Morgan fingerprint density at radius 1 is 1.53 bits per heavy atom. The number of aromatic hydroxyl groups is 1. The summed E-state index contributed by atoms with van der Waals surface area (Å²) in [5.41, 5.74) is 5.32. The highest BCUT2D eigenvalue weighted by atomic mass is 35.5. The van der Waals surface area contributed by atoms with Crippen LogP contribution in [-0.4, -0.2) is 12.2 Å². The molecular formula is C10H13ClFNO2. The van der Waals surface area contributed by atoms with Crippen LogP contribution in [0.1, 0.15) is 19.4 Å². The lowest BCUT2D eigenvalue weighted by molar-refractivity contribution is 0.342. The van der Waals surface area contributed by atoms with Crippen LogP contribution in [0.2, 0.25) is 5.02 Å². The number of benzene rings is 1. The van der Waals surface area contributed by atoms with E-state index in [-0.39, 0.29) is 16.5 Å². The van der Waals surface area contributed by atoms with E-state index in [4.69, 9.17) is 22.1 Å². The number of hydrogen-bond donors (Lipinski definition) is 2. The average molecular weight is 234 g/mol. The van der Waals surface area contributed by atoms with E-state index in [0.717, 1.165) is 0 Å². The molecule has 0 saturated heterocycles. The first-order valence-corrected chi connectivity index (χ1v) is 4.71. The van der Waals surface area contributed by atoms with E-state index in [0.29, 0.717) is 5.56 Å². The van der Waals surface area contributed by atoms with Crippen molar-refractivity contribution >= 4 is 11.6 Å². The summed E-state index contributed by atoms with van der Waals surface area (Å²) in [6.45, 7) is 3.35. The van der Waals surface area contributed by atoms with E-state index in [1.54, 1.807) is 13.8 Å². The number of rotatable bonds is 2. The fraction of sp³-hybridized carbons (Fsp3) is 0.400. The molecule has 3 nitrogen and oxygen atoms in total. The molecule has 0 aliphatic heterocycles. The molecular weight excluding hydrogens is 221 g/mol. The van der Waals surface area contributed by atoms with Crippen LogP contribution in [0, 0.1) is 5.82 Å². The third kappa shape index (κ3) is 2.16. The van der Waals surface area contributed by atoms with Crippen molar-refractivity contribution in [2.24, 2.45) is 5.73 Å². The van der Waals surface area contributed by atoms with Gasteiger partial charge in [0.2, 0.25) is 0 Å². The van der Waals surface area contributed by atoms with Gasteiger partial charge in [-0.05, 0) is 19.9 Å². The first-order valence-electron chi connectivity index (χ1n) is 4.33.